The number of hydrazine groups is 1. The fourth-order valence-corrected chi connectivity index (χ4v) is 9.01. The maximum absolute atomic E-state index is 14.9. The van der Waals surface area contributed by atoms with E-state index in [9.17, 15) is 18.0 Å². The Morgan fingerprint density at radius 2 is 1.61 bits per heavy atom. The first-order valence-electron chi connectivity index (χ1n) is 15.2. The highest BCUT2D eigenvalue weighted by Gasteiger charge is 2.73. The van der Waals surface area contributed by atoms with Gasteiger partial charge in [-0.1, -0.05) is 106 Å². The second-order valence-electron chi connectivity index (χ2n) is 12.2. The molecule has 1 fully saturated rings. The van der Waals surface area contributed by atoms with Gasteiger partial charge in [0.2, 0.25) is 7.59 Å². The Hall–Kier alpha value is -2.75. The summed E-state index contributed by atoms with van der Waals surface area (Å²) in [5, 5.41) is 0.653. The van der Waals surface area contributed by atoms with Crippen LogP contribution in [0.25, 0.3) is 0 Å². The van der Waals surface area contributed by atoms with Crippen LogP contribution in [-0.2, 0) is 30.6 Å². The van der Waals surface area contributed by atoms with Crippen LogP contribution in [-0.4, -0.2) is 73.6 Å². The molecule has 0 bridgehead atoms. The molecule has 19 heteroatoms. The number of halogens is 6. The molecule has 0 unspecified atom stereocenters. The molecule has 0 aromatic heterocycles. The monoisotopic (exact) mass is 840 g/mol. The number of aryl methyl sites for hydroxylation is 1. The number of nitrogens with zero attached hydrogens (tertiary/aromatic N) is 3. The highest BCUT2D eigenvalue weighted by Crippen LogP contribution is 2.68. The quantitative estimate of drug-likeness (QED) is 0.200. The smallest absolute Gasteiger partial charge is 0.433 e. The van der Waals surface area contributed by atoms with Crippen LogP contribution in [0, 0.1) is 6.92 Å². The zero-order valence-electron chi connectivity index (χ0n) is 27.1. The summed E-state index contributed by atoms with van der Waals surface area (Å²) in [6.45, 7) is 1.20. The molecule has 0 saturated carbocycles. The van der Waals surface area contributed by atoms with Crippen molar-refractivity contribution in [1.29, 1.82) is 0 Å². The second-order valence-corrected chi connectivity index (χ2v) is 19.0. The number of anilines is 2. The summed E-state index contributed by atoms with van der Waals surface area (Å²) in [7, 11) is -1.08. The van der Waals surface area contributed by atoms with Crippen molar-refractivity contribution in [3.63, 3.8) is 0 Å². The van der Waals surface area contributed by atoms with Gasteiger partial charge in [0.15, 0.2) is 5.60 Å². The van der Waals surface area contributed by atoms with Crippen LogP contribution in [0.4, 0.5) is 21.0 Å². The molecule has 2 amide bonds. The number of fused-ring (bicyclic) bond motifs is 2. The van der Waals surface area contributed by atoms with E-state index in [1.807, 2.05) is 31.0 Å². The maximum atomic E-state index is 14.9. The lowest BCUT2D eigenvalue weighted by Gasteiger charge is -2.50. The summed E-state index contributed by atoms with van der Waals surface area (Å²) in [6.07, 6.45) is -2.07. The fraction of sp³-hybridized carbons (Fsp3) is 0.375. The Morgan fingerprint density at radius 1 is 0.961 bits per heavy atom. The van der Waals surface area contributed by atoms with Crippen molar-refractivity contribution in [2.45, 2.75) is 37.0 Å². The highest BCUT2D eigenvalue weighted by molar-refractivity contribution is 7.93. The minimum atomic E-state index is -4.29. The summed E-state index contributed by atoms with van der Waals surface area (Å²) >= 11 is 34.8. The van der Waals surface area contributed by atoms with Crippen molar-refractivity contribution < 1.29 is 37.0 Å². The minimum absolute atomic E-state index is 0.0142. The minimum Gasteiger partial charge on any atom is -0.494 e. The molecule has 2 atom stereocenters. The SMILES string of the molecule is COc1cc2c(cc1N(NC(=O)OCC(Cl)(Cl)Cl)C(=O)OCC(Cl)(Cl)Cl)[C@]13CN(C)CC[C@@]1(O2)c1ccccc1N3S(=O)(=O)c1ccc(C)cc1. The summed E-state index contributed by atoms with van der Waals surface area (Å²) < 4.78 is 50.1. The lowest BCUT2D eigenvalue weighted by Crippen LogP contribution is -2.64. The van der Waals surface area contributed by atoms with E-state index >= 15 is 0 Å². The van der Waals surface area contributed by atoms with Crippen LogP contribution < -0.4 is 24.2 Å². The number of likely N-dealkylation sites (N-methyl/N-ethyl adjacent to an activating group) is 1. The largest absolute Gasteiger partial charge is 0.494 e. The van der Waals surface area contributed by atoms with Gasteiger partial charge in [-0.05, 0) is 38.2 Å². The third-order valence-electron chi connectivity index (χ3n) is 8.84. The van der Waals surface area contributed by atoms with Crippen molar-refractivity contribution in [2.24, 2.45) is 0 Å². The number of para-hydroxylation sites is 1. The first kappa shape index (κ1) is 38.0. The fourth-order valence-electron chi connectivity index (χ4n) is 6.86. The number of piperidine rings is 1. The number of hydrogen-bond acceptors (Lipinski definition) is 9. The maximum Gasteiger partial charge on any atom is 0.433 e. The number of benzene rings is 3. The summed E-state index contributed by atoms with van der Waals surface area (Å²) in [4.78, 5) is 28.7. The van der Waals surface area contributed by atoms with E-state index in [1.54, 1.807) is 36.4 Å². The molecule has 3 aliphatic rings. The first-order valence-corrected chi connectivity index (χ1v) is 18.9. The Labute approximate surface area is 324 Å². The van der Waals surface area contributed by atoms with Gasteiger partial charge < -0.3 is 23.8 Å². The van der Waals surface area contributed by atoms with Gasteiger partial charge in [-0.2, -0.15) is 5.01 Å². The topological polar surface area (TPSA) is 127 Å². The van der Waals surface area contributed by atoms with Gasteiger partial charge in [-0.3, -0.25) is 0 Å². The average molecular weight is 843 g/mol. The molecule has 51 heavy (non-hydrogen) atoms. The molecule has 1 N–H and O–H groups in total. The number of methoxy groups -OCH3 is 1. The number of hydrogen-bond donors (Lipinski definition) is 1. The van der Waals surface area contributed by atoms with Crippen molar-refractivity contribution in [1.82, 2.24) is 10.3 Å². The Bertz CT molecular complexity index is 1980. The van der Waals surface area contributed by atoms with Gasteiger partial charge in [0.25, 0.3) is 10.0 Å². The number of carbonyl (C=O) groups excluding carboxylic acids is 2. The predicted molar refractivity (Wildman–Crippen MR) is 195 cm³/mol. The average Bonchev–Trinajstić information content (AvgIpc) is 3.48. The number of sulfonamides is 1. The van der Waals surface area contributed by atoms with Gasteiger partial charge in [0.05, 0.1) is 17.7 Å². The number of likely N-dealkylation sites (tertiary alicyclic amines) is 1. The number of ether oxygens (including phenoxy) is 4. The van der Waals surface area contributed by atoms with Crippen LogP contribution in [0.5, 0.6) is 11.5 Å². The zero-order chi connectivity index (χ0) is 37.1. The second kappa shape index (κ2) is 13.6. The van der Waals surface area contributed by atoms with Crippen LogP contribution in [0.2, 0.25) is 0 Å². The molecule has 12 nitrogen and oxygen atoms in total. The molecule has 6 rings (SSSR count). The van der Waals surface area contributed by atoms with Gasteiger partial charge in [-0.25, -0.2) is 27.7 Å². The molecule has 3 aromatic rings. The molecule has 274 valence electrons. The van der Waals surface area contributed by atoms with Gasteiger partial charge in [-0.15, -0.1) is 0 Å². The first-order chi connectivity index (χ1) is 23.8. The summed E-state index contributed by atoms with van der Waals surface area (Å²) in [6, 6.07) is 16.7. The zero-order valence-corrected chi connectivity index (χ0v) is 32.4. The van der Waals surface area contributed by atoms with E-state index in [1.165, 1.54) is 23.5 Å². The molecule has 1 saturated heterocycles. The summed E-state index contributed by atoms with van der Waals surface area (Å²) in [5.74, 6) is 0.304. The van der Waals surface area contributed by atoms with Gasteiger partial charge in [0.1, 0.15) is 35.9 Å². The predicted octanol–water partition coefficient (Wildman–Crippen LogP) is 7.36. The number of carbonyl (C=O) groups is 2. The van der Waals surface area contributed by atoms with Crippen LogP contribution >= 0.6 is 69.6 Å². The molecule has 3 aromatic carbocycles. The van der Waals surface area contributed by atoms with Crippen molar-refractivity contribution >= 4 is 103 Å². The van der Waals surface area contributed by atoms with Crippen molar-refractivity contribution in [2.75, 3.05) is 49.8 Å². The molecule has 0 spiro atoms. The third-order valence-corrected chi connectivity index (χ3v) is 11.4. The number of alkyl halides is 6. The van der Waals surface area contributed by atoms with E-state index in [4.69, 9.17) is 88.6 Å². The molecule has 0 radical (unpaired) electrons. The standard InChI is InChI=1S/C32H30Cl6N4O8S/c1-19-8-10-20(11-9-19)51(45,46)42-23-7-5-4-6-21(23)30-12-13-40(2)16-29(30,42)22-14-24(26(47-3)15-25(22)50-30)41(28(44)49-18-32(36,37)38)39-27(43)48-17-31(33,34)35/h4-11,14-15H,12-13,16-18H2,1-3H3,(H,39,43)/t29-,30-/m1/s1. The van der Waals surface area contributed by atoms with E-state index in [2.05, 4.69) is 5.43 Å². The lowest BCUT2D eigenvalue weighted by molar-refractivity contribution is -0.0311. The van der Waals surface area contributed by atoms with Gasteiger partial charge in [0, 0.05) is 36.7 Å². The van der Waals surface area contributed by atoms with E-state index in [0.29, 0.717) is 34.8 Å². The third kappa shape index (κ3) is 6.80. The lowest BCUT2D eigenvalue weighted by atomic mass is 9.71. The molecular formula is C32H30Cl6N4O8S. The van der Waals surface area contributed by atoms with E-state index < -0.39 is 54.1 Å². The van der Waals surface area contributed by atoms with Gasteiger partial charge >= 0.3 is 12.2 Å². The number of amides is 2. The summed E-state index contributed by atoms with van der Waals surface area (Å²) in [5.41, 5.74) is 1.86. The number of nitrogens with one attached hydrogen (secondary N) is 1. The molecule has 3 aliphatic heterocycles. The van der Waals surface area contributed by atoms with Crippen molar-refractivity contribution in [3.05, 3.63) is 77.4 Å². The Kier molecular flexibility index (Phi) is 10.1. The Balaban J connectivity index is 1.57. The van der Waals surface area contributed by atoms with Crippen LogP contribution in [0.3, 0.4) is 0 Å². The molecular weight excluding hydrogens is 813 g/mol. The van der Waals surface area contributed by atoms with E-state index in [0.717, 1.165) is 5.56 Å². The normalized spacial score (nSPS) is 21.1. The van der Waals surface area contributed by atoms with Crippen LogP contribution in [0.15, 0.2) is 65.6 Å². The van der Waals surface area contributed by atoms with E-state index in [-0.39, 0.29) is 28.6 Å². The Morgan fingerprint density at radius 3 is 2.25 bits per heavy atom. The van der Waals surface area contributed by atoms with Crippen molar-refractivity contribution in [3.8, 4) is 11.5 Å². The highest BCUT2D eigenvalue weighted by atomic mass is 35.6. The number of rotatable bonds is 6. The molecule has 3 heterocycles. The van der Waals surface area contributed by atoms with Crippen LogP contribution in [0.1, 0.15) is 23.1 Å². The molecule has 0 aliphatic carbocycles.